The quantitative estimate of drug-likeness (QED) is 0.727. The Morgan fingerprint density at radius 3 is 2.58 bits per heavy atom. The van der Waals surface area contributed by atoms with E-state index in [1.54, 1.807) is 0 Å². The largest absolute Gasteiger partial charge is 0.484 e. The van der Waals surface area contributed by atoms with Gasteiger partial charge >= 0.3 is 0 Å². The van der Waals surface area contributed by atoms with Crippen molar-refractivity contribution < 1.29 is 14.3 Å². The van der Waals surface area contributed by atoms with Crippen LogP contribution >= 0.6 is 11.3 Å². The number of ether oxygens (including phenoxy) is 1. The fourth-order valence-corrected chi connectivity index (χ4v) is 2.83. The molecule has 0 spiro atoms. The number of hydrogen-bond acceptors (Lipinski definition) is 6. The number of benzene rings is 1. The maximum Gasteiger partial charge on any atom is 0.261 e. The summed E-state index contributed by atoms with van der Waals surface area (Å²) in [7, 11) is 0. The Kier molecular flexibility index (Phi) is 7.53. The average molecular weight is 376 g/mol. The Labute approximate surface area is 157 Å². The van der Waals surface area contributed by atoms with Gasteiger partial charge in [-0.1, -0.05) is 36.8 Å². The summed E-state index contributed by atoms with van der Waals surface area (Å²) in [6.07, 6.45) is 2.10. The smallest absolute Gasteiger partial charge is 0.261 e. The van der Waals surface area contributed by atoms with Gasteiger partial charge in [-0.2, -0.15) is 0 Å². The zero-order valence-corrected chi connectivity index (χ0v) is 16.1. The van der Waals surface area contributed by atoms with E-state index >= 15 is 0 Å². The number of aryl methyl sites for hydroxylation is 1. The van der Waals surface area contributed by atoms with Crippen molar-refractivity contribution in [2.75, 3.05) is 18.5 Å². The Bertz CT molecular complexity index is 702. The number of nitrogens with zero attached hydrogens (tertiary/aromatic N) is 3. The van der Waals surface area contributed by atoms with Gasteiger partial charge in [0.2, 0.25) is 11.0 Å². The summed E-state index contributed by atoms with van der Waals surface area (Å²) in [5.74, 6) is 0.0815. The van der Waals surface area contributed by atoms with Gasteiger partial charge in [-0.05, 0) is 38.0 Å². The van der Waals surface area contributed by atoms with Crippen LogP contribution in [0.3, 0.4) is 0 Å². The summed E-state index contributed by atoms with van der Waals surface area (Å²) >= 11 is 1.22. The van der Waals surface area contributed by atoms with Gasteiger partial charge in [0, 0.05) is 6.04 Å². The van der Waals surface area contributed by atoms with Crippen LogP contribution in [0.1, 0.15) is 32.8 Å². The van der Waals surface area contributed by atoms with Crippen LogP contribution in [0, 0.1) is 0 Å². The van der Waals surface area contributed by atoms with E-state index in [-0.39, 0.29) is 31.0 Å². The molecule has 0 radical (unpaired) electrons. The topological polar surface area (TPSA) is 84.4 Å². The number of carbonyl (C=O) groups is 2. The van der Waals surface area contributed by atoms with E-state index in [1.165, 1.54) is 27.3 Å². The van der Waals surface area contributed by atoms with Crippen LogP contribution in [0.15, 0.2) is 29.8 Å². The molecule has 2 aromatic rings. The molecule has 2 amide bonds. The lowest BCUT2D eigenvalue weighted by molar-refractivity contribution is -0.138. The third-order valence-electron chi connectivity index (χ3n) is 3.69. The minimum atomic E-state index is -0.312. The Balaban J connectivity index is 1.87. The van der Waals surface area contributed by atoms with Crippen LogP contribution in [0.4, 0.5) is 5.13 Å². The Morgan fingerprint density at radius 1 is 1.27 bits per heavy atom. The van der Waals surface area contributed by atoms with Crippen LogP contribution in [0.25, 0.3) is 0 Å². The van der Waals surface area contributed by atoms with Gasteiger partial charge in [-0.3, -0.25) is 14.9 Å². The molecule has 0 atom stereocenters. The molecule has 2 rings (SSSR count). The second-order valence-corrected chi connectivity index (χ2v) is 6.92. The number of nitrogens with one attached hydrogen (secondary N) is 1. The molecule has 26 heavy (non-hydrogen) atoms. The minimum Gasteiger partial charge on any atom is -0.484 e. The van der Waals surface area contributed by atoms with E-state index in [0.29, 0.717) is 10.9 Å². The first-order valence-corrected chi connectivity index (χ1v) is 9.44. The van der Waals surface area contributed by atoms with Crippen molar-refractivity contribution in [3.05, 3.63) is 35.3 Å². The SMILES string of the molecule is CCCc1ccc(OCC(=O)N(CC(=O)Nc2nncs2)C(C)C)cc1. The van der Waals surface area contributed by atoms with Gasteiger partial charge in [-0.15, -0.1) is 10.2 Å². The Hall–Kier alpha value is -2.48. The Morgan fingerprint density at radius 2 is 2.00 bits per heavy atom. The molecular formula is C18H24N4O3S. The number of carbonyl (C=O) groups excluding carboxylic acids is 2. The summed E-state index contributed by atoms with van der Waals surface area (Å²) in [5, 5.41) is 10.5. The first kappa shape index (κ1) is 19.8. The number of anilines is 1. The van der Waals surface area contributed by atoms with Crippen molar-refractivity contribution >= 4 is 28.3 Å². The van der Waals surface area contributed by atoms with Gasteiger partial charge in [0.05, 0.1) is 0 Å². The second-order valence-electron chi connectivity index (χ2n) is 6.09. The van der Waals surface area contributed by atoms with E-state index in [2.05, 4.69) is 22.4 Å². The van der Waals surface area contributed by atoms with E-state index in [4.69, 9.17) is 4.74 Å². The fraction of sp³-hybridized carbons (Fsp3) is 0.444. The highest BCUT2D eigenvalue weighted by atomic mass is 32.1. The monoisotopic (exact) mass is 376 g/mol. The predicted octanol–water partition coefficient (Wildman–Crippen LogP) is 2.75. The summed E-state index contributed by atoms with van der Waals surface area (Å²) in [6.45, 7) is 5.67. The van der Waals surface area contributed by atoms with Gasteiger partial charge in [0.15, 0.2) is 6.61 Å². The van der Waals surface area contributed by atoms with E-state index in [0.717, 1.165) is 12.8 Å². The highest BCUT2D eigenvalue weighted by Gasteiger charge is 2.21. The summed E-state index contributed by atoms with van der Waals surface area (Å²) in [5.41, 5.74) is 2.77. The molecule has 0 saturated heterocycles. The lowest BCUT2D eigenvalue weighted by atomic mass is 10.1. The van der Waals surface area contributed by atoms with Crippen molar-refractivity contribution in [3.8, 4) is 5.75 Å². The molecule has 0 saturated carbocycles. The first-order chi connectivity index (χ1) is 12.5. The van der Waals surface area contributed by atoms with Crippen molar-refractivity contribution in [2.45, 2.75) is 39.7 Å². The maximum absolute atomic E-state index is 12.5. The molecule has 0 aliphatic carbocycles. The van der Waals surface area contributed by atoms with Crippen molar-refractivity contribution in [2.24, 2.45) is 0 Å². The minimum absolute atomic E-state index is 0.0606. The highest BCUT2D eigenvalue weighted by molar-refractivity contribution is 7.13. The van der Waals surface area contributed by atoms with Crippen molar-refractivity contribution in [1.82, 2.24) is 15.1 Å². The number of amides is 2. The van der Waals surface area contributed by atoms with Gasteiger partial charge < -0.3 is 9.64 Å². The molecule has 0 aliphatic rings. The summed E-state index contributed by atoms with van der Waals surface area (Å²) in [6, 6.07) is 7.59. The average Bonchev–Trinajstić information content (AvgIpc) is 3.11. The normalized spacial score (nSPS) is 10.6. The highest BCUT2D eigenvalue weighted by Crippen LogP contribution is 2.14. The predicted molar refractivity (Wildman–Crippen MR) is 101 cm³/mol. The van der Waals surface area contributed by atoms with Crippen LogP contribution in [0.2, 0.25) is 0 Å². The molecule has 0 aliphatic heterocycles. The second kappa shape index (κ2) is 9.86. The molecule has 8 heteroatoms. The standard InChI is InChI=1S/C18H24N4O3S/c1-4-5-14-6-8-15(9-7-14)25-11-17(24)22(13(2)3)10-16(23)20-18-21-19-12-26-18/h6-9,12-13H,4-5,10-11H2,1-3H3,(H,20,21,23). The molecular weight excluding hydrogens is 352 g/mol. The number of hydrogen-bond donors (Lipinski definition) is 1. The van der Waals surface area contributed by atoms with Gasteiger partial charge in [0.25, 0.3) is 5.91 Å². The van der Waals surface area contributed by atoms with Crippen LogP contribution in [-0.2, 0) is 16.0 Å². The molecule has 1 aromatic heterocycles. The zero-order valence-electron chi connectivity index (χ0n) is 15.3. The van der Waals surface area contributed by atoms with E-state index in [9.17, 15) is 9.59 Å². The van der Waals surface area contributed by atoms with E-state index < -0.39 is 0 Å². The molecule has 1 heterocycles. The third kappa shape index (κ3) is 6.11. The van der Waals surface area contributed by atoms with Crippen LogP contribution in [-0.4, -0.2) is 46.1 Å². The summed E-state index contributed by atoms with van der Waals surface area (Å²) < 4.78 is 5.58. The lowest BCUT2D eigenvalue weighted by Crippen LogP contribution is -2.44. The maximum atomic E-state index is 12.5. The lowest BCUT2D eigenvalue weighted by Gasteiger charge is -2.26. The van der Waals surface area contributed by atoms with Gasteiger partial charge in [-0.25, -0.2) is 0 Å². The molecule has 1 aromatic carbocycles. The van der Waals surface area contributed by atoms with E-state index in [1.807, 2.05) is 38.1 Å². The molecule has 0 bridgehead atoms. The fourth-order valence-electron chi connectivity index (χ4n) is 2.37. The molecule has 7 nitrogen and oxygen atoms in total. The zero-order chi connectivity index (χ0) is 18.9. The van der Waals surface area contributed by atoms with Crippen molar-refractivity contribution in [3.63, 3.8) is 0 Å². The molecule has 140 valence electrons. The van der Waals surface area contributed by atoms with Crippen molar-refractivity contribution in [1.29, 1.82) is 0 Å². The number of rotatable bonds is 9. The third-order valence-corrected chi connectivity index (χ3v) is 4.30. The van der Waals surface area contributed by atoms with Gasteiger partial charge in [0.1, 0.15) is 17.8 Å². The van der Waals surface area contributed by atoms with Crippen LogP contribution in [0.5, 0.6) is 5.75 Å². The molecule has 0 fully saturated rings. The first-order valence-electron chi connectivity index (χ1n) is 8.56. The molecule has 0 unspecified atom stereocenters. The van der Waals surface area contributed by atoms with Crippen LogP contribution < -0.4 is 10.1 Å². The number of aromatic nitrogens is 2. The molecule has 1 N–H and O–H groups in total. The summed E-state index contributed by atoms with van der Waals surface area (Å²) in [4.78, 5) is 26.0.